The van der Waals surface area contributed by atoms with Crippen molar-refractivity contribution in [2.45, 2.75) is 84.0 Å². The molecule has 9 nitrogen and oxygen atoms in total. The normalized spacial score (nSPS) is 15.3. The van der Waals surface area contributed by atoms with E-state index in [2.05, 4.69) is 5.32 Å². The Morgan fingerprint density at radius 1 is 1.13 bits per heavy atom. The van der Waals surface area contributed by atoms with E-state index in [1.165, 1.54) is 13.0 Å². The molecule has 0 radical (unpaired) electrons. The highest BCUT2D eigenvalue weighted by molar-refractivity contribution is 5.96. The van der Waals surface area contributed by atoms with Crippen LogP contribution in [-0.2, 0) is 30.3 Å². The maximum absolute atomic E-state index is 13.7. The van der Waals surface area contributed by atoms with Crippen molar-refractivity contribution in [3.05, 3.63) is 34.4 Å². The molecule has 0 fully saturated rings. The predicted molar refractivity (Wildman–Crippen MR) is 138 cm³/mol. The van der Waals surface area contributed by atoms with E-state index in [4.69, 9.17) is 25.4 Å². The number of rotatable bonds is 14. The lowest BCUT2D eigenvalue weighted by Gasteiger charge is -2.29. The number of amides is 1. The Bertz CT molecular complexity index is 1090. The van der Waals surface area contributed by atoms with Gasteiger partial charge in [-0.1, -0.05) is 19.4 Å². The molecule has 1 aliphatic rings. The van der Waals surface area contributed by atoms with Crippen molar-refractivity contribution in [3.63, 3.8) is 0 Å². The van der Waals surface area contributed by atoms with Gasteiger partial charge in [-0.05, 0) is 62.3 Å². The van der Waals surface area contributed by atoms with Gasteiger partial charge in [0.2, 0.25) is 12.0 Å². The van der Waals surface area contributed by atoms with Crippen molar-refractivity contribution in [3.8, 4) is 5.75 Å². The van der Waals surface area contributed by atoms with Crippen molar-refractivity contribution in [1.82, 2.24) is 5.32 Å². The first-order chi connectivity index (χ1) is 18.3. The van der Waals surface area contributed by atoms with Gasteiger partial charge < -0.3 is 25.3 Å². The van der Waals surface area contributed by atoms with Gasteiger partial charge in [0.1, 0.15) is 11.8 Å². The first kappa shape index (κ1) is 31.6. The molecular weight excluding hydrogens is 519 g/mol. The van der Waals surface area contributed by atoms with Crippen molar-refractivity contribution < 1.29 is 41.8 Å². The van der Waals surface area contributed by atoms with E-state index in [1.807, 2.05) is 6.92 Å². The summed E-state index contributed by atoms with van der Waals surface area (Å²) in [5, 5.41) is 9.75. The number of halogens is 3. The van der Waals surface area contributed by atoms with Gasteiger partial charge in [0.15, 0.2) is 0 Å². The van der Waals surface area contributed by atoms with Crippen LogP contribution < -0.4 is 15.8 Å². The summed E-state index contributed by atoms with van der Waals surface area (Å²) in [7, 11) is 0. The van der Waals surface area contributed by atoms with Crippen molar-refractivity contribution in [1.29, 1.82) is 5.41 Å². The molecule has 0 bridgehead atoms. The summed E-state index contributed by atoms with van der Waals surface area (Å²) in [4.78, 5) is 36.3. The molecule has 1 aromatic rings. The zero-order valence-corrected chi connectivity index (χ0v) is 22.4. The smallest absolute Gasteiger partial charge is 0.430 e. The lowest BCUT2D eigenvalue weighted by atomic mass is 9.96. The van der Waals surface area contributed by atoms with Crippen molar-refractivity contribution >= 4 is 29.8 Å². The van der Waals surface area contributed by atoms with Gasteiger partial charge in [-0.25, -0.2) is 9.59 Å². The van der Waals surface area contributed by atoms with Gasteiger partial charge in [-0.15, -0.1) is 0 Å². The minimum Gasteiger partial charge on any atom is -0.475 e. The van der Waals surface area contributed by atoms with Crippen LogP contribution in [-0.4, -0.2) is 55.2 Å². The number of fused-ring (bicyclic) bond motifs is 1. The minimum absolute atomic E-state index is 0.0245. The average Bonchev–Trinajstić information content (AvgIpc) is 2.85. The highest BCUT2D eigenvalue weighted by Gasteiger charge is 2.49. The summed E-state index contributed by atoms with van der Waals surface area (Å²) in [5.41, 5.74) is 6.52. The Hall–Kier alpha value is -3.57. The van der Waals surface area contributed by atoms with Crippen molar-refractivity contribution in [2.75, 3.05) is 13.2 Å². The van der Waals surface area contributed by atoms with Crippen LogP contribution in [0.15, 0.2) is 17.7 Å². The second-order valence-corrected chi connectivity index (χ2v) is 9.37. The molecule has 1 heterocycles. The summed E-state index contributed by atoms with van der Waals surface area (Å²) in [5.74, 6) is -1.99. The summed E-state index contributed by atoms with van der Waals surface area (Å²) in [6.45, 7) is 4.69. The number of nitrogens with two attached hydrogens (primary N) is 1. The molecule has 2 atom stereocenters. The third-order valence-corrected chi connectivity index (χ3v) is 5.95. The molecule has 2 rings (SSSR count). The fraction of sp³-hybridized carbons (Fsp3) is 0.556. The number of aryl methyl sites for hydroxylation is 2. The van der Waals surface area contributed by atoms with E-state index in [-0.39, 0.29) is 37.6 Å². The van der Waals surface area contributed by atoms with Crippen LogP contribution in [0, 0.1) is 12.3 Å². The number of esters is 2. The molecular formula is C27H36F3N3O6. The van der Waals surface area contributed by atoms with Crippen LogP contribution in [0.3, 0.4) is 0 Å². The van der Waals surface area contributed by atoms with E-state index in [0.717, 1.165) is 5.56 Å². The van der Waals surface area contributed by atoms with Gasteiger partial charge in [-0.2, -0.15) is 13.2 Å². The molecule has 0 saturated carbocycles. The second-order valence-electron chi connectivity index (χ2n) is 9.37. The molecule has 1 amide bonds. The van der Waals surface area contributed by atoms with Gasteiger partial charge >= 0.3 is 18.1 Å². The fourth-order valence-corrected chi connectivity index (χ4v) is 4.11. The maximum atomic E-state index is 13.7. The first-order valence-electron chi connectivity index (χ1n) is 12.9. The van der Waals surface area contributed by atoms with Crippen molar-refractivity contribution in [2.24, 2.45) is 5.73 Å². The van der Waals surface area contributed by atoms with E-state index in [9.17, 15) is 27.6 Å². The molecule has 0 spiro atoms. The molecule has 4 N–H and O–H groups in total. The van der Waals surface area contributed by atoms with Crippen LogP contribution in [0.4, 0.5) is 13.2 Å². The zero-order chi connectivity index (χ0) is 29.2. The molecule has 0 saturated heterocycles. The highest BCUT2D eigenvalue weighted by Crippen LogP contribution is 2.40. The SMILES string of the molecule is CCc1cc(C)cc2c1O[C@H](C(F)(F)F)C(C(=O)OCCCCOC(=O)[C@H](CCCCC(=N)N)NC(C)=O)=C2. The van der Waals surface area contributed by atoms with E-state index < -0.39 is 41.7 Å². The molecule has 39 heavy (non-hydrogen) atoms. The van der Waals surface area contributed by atoms with Crippen LogP contribution >= 0.6 is 0 Å². The van der Waals surface area contributed by atoms with E-state index >= 15 is 0 Å². The summed E-state index contributed by atoms with van der Waals surface area (Å²) < 4.78 is 56.8. The number of carbonyl (C=O) groups is 3. The number of benzene rings is 1. The predicted octanol–water partition coefficient (Wildman–Crippen LogP) is 4.13. The third-order valence-electron chi connectivity index (χ3n) is 5.95. The highest BCUT2D eigenvalue weighted by atomic mass is 19.4. The first-order valence-corrected chi connectivity index (χ1v) is 12.9. The van der Waals surface area contributed by atoms with E-state index in [1.54, 1.807) is 19.1 Å². The number of alkyl halides is 3. The topological polar surface area (TPSA) is 141 Å². The van der Waals surface area contributed by atoms with Crippen LogP contribution in [0.1, 0.15) is 69.1 Å². The van der Waals surface area contributed by atoms with Crippen LogP contribution in [0.2, 0.25) is 0 Å². The Labute approximate surface area is 225 Å². The third kappa shape index (κ3) is 9.92. The molecule has 0 aliphatic carbocycles. The Morgan fingerprint density at radius 2 is 1.79 bits per heavy atom. The maximum Gasteiger partial charge on any atom is 0.430 e. The molecule has 1 aliphatic heterocycles. The lowest BCUT2D eigenvalue weighted by molar-refractivity contribution is -0.188. The number of hydrogen-bond donors (Lipinski definition) is 3. The summed E-state index contributed by atoms with van der Waals surface area (Å²) >= 11 is 0. The number of carbonyl (C=O) groups excluding carboxylic acids is 3. The molecule has 12 heteroatoms. The Morgan fingerprint density at radius 3 is 2.38 bits per heavy atom. The summed E-state index contributed by atoms with van der Waals surface area (Å²) in [6, 6.07) is 2.56. The number of ether oxygens (including phenoxy) is 3. The molecule has 1 aromatic carbocycles. The molecule has 0 aromatic heterocycles. The Kier molecular flexibility index (Phi) is 11.8. The largest absolute Gasteiger partial charge is 0.475 e. The Balaban J connectivity index is 1.89. The second kappa shape index (κ2) is 14.5. The number of unbranched alkanes of at least 4 members (excludes halogenated alkanes) is 2. The van der Waals surface area contributed by atoms with Gasteiger partial charge in [-0.3, -0.25) is 10.2 Å². The summed E-state index contributed by atoms with van der Waals surface area (Å²) in [6.07, 6.45) is -3.23. The van der Waals surface area contributed by atoms with Gasteiger partial charge in [0, 0.05) is 18.9 Å². The fourth-order valence-electron chi connectivity index (χ4n) is 4.11. The lowest BCUT2D eigenvalue weighted by Crippen LogP contribution is -2.41. The number of hydrogen-bond acceptors (Lipinski definition) is 7. The molecule has 0 unspecified atom stereocenters. The molecule has 216 valence electrons. The number of nitrogens with one attached hydrogen (secondary N) is 2. The zero-order valence-electron chi connectivity index (χ0n) is 22.4. The monoisotopic (exact) mass is 555 g/mol. The number of amidine groups is 1. The average molecular weight is 556 g/mol. The van der Waals surface area contributed by atoms with Gasteiger partial charge in [0.05, 0.1) is 24.6 Å². The van der Waals surface area contributed by atoms with Crippen LogP contribution in [0.25, 0.3) is 6.08 Å². The minimum atomic E-state index is -4.82. The van der Waals surface area contributed by atoms with E-state index in [0.29, 0.717) is 43.2 Å². The van der Waals surface area contributed by atoms with Crippen LogP contribution in [0.5, 0.6) is 5.75 Å². The quantitative estimate of drug-likeness (QED) is 0.136. The van der Waals surface area contributed by atoms with Gasteiger partial charge in [0.25, 0.3) is 0 Å². The standard InChI is InChI=1S/C27H36F3N3O6/c1-4-18-13-16(2)14-19-15-20(24(27(28,29)30)39-23(18)19)25(35)37-11-7-8-12-38-26(36)21(33-17(3)34)9-5-6-10-22(31)32/h13-15,21,24H,4-12H2,1-3H3,(H3,31,32)(H,33,34)/t21-,24-/m0/s1.